The Hall–Kier alpha value is -3.02. The molecule has 0 bridgehead atoms. The van der Waals surface area contributed by atoms with Crippen molar-refractivity contribution in [2.75, 3.05) is 0 Å². The largest absolute Gasteiger partial charge is 0.378 e. The Labute approximate surface area is 207 Å². The highest BCUT2D eigenvalue weighted by Crippen LogP contribution is 2.51. The summed E-state index contributed by atoms with van der Waals surface area (Å²) in [7, 11) is 0. The maximum atomic E-state index is 12.6. The van der Waals surface area contributed by atoms with Crippen LogP contribution in [0.5, 0.6) is 0 Å². The zero-order valence-electron chi connectivity index (χ0n) is 20.2. The van der Waals surface area contributed by atoms with E-state index in [1.54, 1.807) is 0 Å². The van der Waals surface area contributed by atoms with Crippen LogP contribution in [0.1, 0.15) is 43.4 Å². The molecule has 4 nitrogen and oxygen atoms in total. The second kappa shape index (κ2) is 9.21. The SMILES string of the molecule is CC1(C)OC(C(O)(C2=CC=CCC2)c2ccccc2)C(C(O)(c2ccccc2)c2ccccc2)O1. The van der Waals surface area contributed by atoms with Crippen LogP contribution in [0.3, 0.4) is 0 Å². The molecule has 1 fully saturated rings. The number of aliphatic hydroxyl groups is 2. The van der Waals surface area contributed by atoms with E-state index < -0.39 is 29.2 Å². The van der Waals surface area contributed by atoms with Gasteiger partial charge in [0.1, 0.15) is 23.4 Å². The number of rotatable bonds is 6. The standard InChI is InChI=1S/C31H32O4/c1-29(2)34-27(30(32,23-15-7-3-8-16-23)24-17-9-4-10-18-24)28(35-29)31(33,25-19-11-5-12-20-25)26-21-13-6-14-22-26/h3-13,15-21,27-28,32-33H,14,22H2,1-2H3. The van der Waals surface area contributed by atoms with Gasteiger partial charge in [0, 0.05) is 0 Å². The molecular formula is C31H32O4. The quantitative estimate of drug-likeness (QED) is 0.494. The Morgan fingerprint density at radius 2 is 1.11 bits per heavy atom. The minimum absolute atomic E-state index is 0.676. The maximum Gasteiger partial charge on any atom is 0.164 e. The first-order valence-corrected chi connectivity index (χ1v) is 12.2. The molecule has 0 saturated carbocycles. The minimum atomic E-state index is -1.57. The summed E-state index contributed by atoms with van der Waals surface area (Å²) in [4.78, 5) is 0. The van der Waals surface area contributed by atoms with Crippen molar-refractivity contribution in [1.82, 2.24) is 0 Å². The van der Waals surface area contributed by atoms with Crippen LogP contribution < -0.4 is 0 Å². The summed E-state index contributed by atoms with van der Waals surface area (Å²) in [6.45, 7) is 3.66. The van der Waals surface area contributed by atoms with Gasteiger partial charge in [0.25, 0.3) is 0 Å². The van der Waals surface area contributed by atoms with Crippen LogP contribution >= 0.6 is 0 Å². The van der Waals surface area contributed by atoms with E-state index in [1.165, 1.54) is 0 Å². The van der Waals surface area contributed by atoms with E-state index in [4.69, 9.17) is 9.47 Å². The molecule has 3 atom stereocenters. The minimum Gasteiger partial charge on any atom is -0.378 e. The zero-order chi connectivity index (χ0) is 24.5. The van der Waals surface area contributed by atoms with E-state index in [-0.39, 0.29) is 0 Å². The average Bonchev–Trinajstić information content (AvgIpc) is 3.26. The fourth-order valence-corrected chi connectivity index (χ4v) is 5.40. The van der Waals surface area contributed by atoms with Crippen LogP contribution in [-0.4, -0.2) is 28.2 Å². The first kappa shape index (κ1) is 23.7. The van der Waals surface area contributed by atoms with Crippen LogP contribution in [-0.2, 0) is 20.7 Å². The highest BCUT2D eigenvalue weighted by molar-refractivity contribution is 5.43. The summed E-state index contributed by atoms with van der Waals surface area (Å²) in [6.07, 6.45) is 5.75. The molecule has 2 aliphatic rings. The summed E-state index contributed by atoms with van der Waals surface area (Å²) in [6, 6.07) is 28.6. The second-order valence-electron chi connectivity index (χ2n) is 9.77. The molecule has 1 aliphatic carbocycles. The first-order valence-electron chi connectivity index (χ1n) is 12.2. The van der Waals surface area contributed by atoms with Crippen molar-refractivity contribution < 1.29 is 19.7 Å². The molecule has 0 spiro atoms. The maximum absolute atomic E-state index is 12.6. The van der Waals surface area contributed by atoms with Gasteiger partial charge in [-0.2, -0.15) is 0 Å². The molecule has 0 amide bonds. The highest BCUT2D eigenvalue weighted by atomic mass is 16.8. The van der Waals surface area contributed by atoms with Crippen molar-refractivity contribution in [2.24, 2.45) is 0 Å². The van der Waals surface area contributed by atoms with E-state index in [9.17, 15) is 10.2 Å². The van der Waals surface area contributed by atoms with E-state index in [1.807, 2.05) is 117 Å². The Kier molecular flexibility index (Phi) is 6.24. The number of ether oxygens (including phenoxy) is 2. The Bertz CT molecular complexity index is 1160. The predicted molar refractivity (Wildman–Crippen MR) is 137 cm³/mol. The Morgan fingerprint density at radius 3 is 1.54 bits per heavy atom. The van der Waals surface area contributed by atoms with Gasteiger partial charge in [0.2, 0.25) is 0 Å². The van der Waals surface area contributed by atoms with Gasteiger partial charge in [-0.1, -0.05) is 109 Å². The van der Waals surface area contributed by atoms with Crippen molar-refractivity contribution in [3.63, 3.8) is 0 Å². The first-order chi connectivity index (χ1) is 16.9. The molecule has 180 valence electrons. The number of hydrogen-bond donors (Lipinski definition) is 2. The topological polar surface area (TPSA) is 58.9 Å². The average molecular weight is 469 g/mol. The van der Waals surface area contributed by atoms with E-state index in [0.717, 1.165) is 12.0 Å². The molecule has 3 aromatic carbocycles. The van der Waals surface area contributed by atoms with E-state index in [2.05, 4.69) is 6.08 Å². The summed E-state index contributed by atoms with van der Waals surface area (Å²) < 4.78 is 13.0. The fourth-order valence-electron chi connectivity index (χ4n) is 5.40. The van der Waals surface area contributed by atoms with Crippen molar-refractivity contribution in [2.45, 2.75) is 55.9 Å². The third-order valence-electron chi connectivity index (χ3n) is 7.07. The third kappa shape index (κ3) is 4.17. The van der Waals surface area contributed by atoms with E-state index >= 15 is 0 Å². The molecular weight excluding hydrogens is 436 g/mol. The van der Waals surface area contributed by atoms with Gasteiger partial charge in [-0.05, 0) is 49.0 Å². The lowest BCUT2D eigenvalue weighted by Gasteiger charge is -2.43. The summed E-state index contributed by atoms with van der Waals surface area (Å²) in [5.74, 6) is -1.03. The molecule has 1 saturated heterocycles. The molecule has 4 heteroatoms. The van der Waals surface area contributed by atoms with Gasteiger partial charge < -0.3 is 19.7 Å². The van der Waals surface area contributed by atoms with Crippen LogP contribution in [0.25, 0.3) is 0 Å². The molecule has 0 radical (unpaired) electrons. The molecule has 1 aliphatic heterocycles. The molecule has 5 rings (SSSR count). The van der Waals surface area contributed by atoms with Crippen molar-refractivity contribution in [3.05, 3.63) is 131 Å². The Balaban J connectivity index is 1.74. The number of allylic oxidation sites excluding steroid dienone is 3. The number of hydrogen-bond acceptors (Lipinski definition) is 4. The molecule has 0 aromatic heterocycles. The van der Waals surface area contributed by atoms with Crippen LogP contribution in [0.15, 0.2) is 115 Å². The predicted octanol–water partition coefficient (Wildman–Crippen LogP) is 5.61. The van der Waals surface area contributed by atoms with Gasteiger partial charge in [-0.3, -0.25) is 0 Å². The van der Waals surface area contributed by atoms with Gasteiger partial charge in [-0.25, -0.2) is 0 Å². The molecule has 3 aromatic rings. The lowest BCUT2D eigenvalue weighted by atomic mass is 9.70. The lowest BCUT2D eigenvalue weighted by molar-refractivity contribution is -0.172. The lowest BCUT2D eigenvalue weighted by Crippen LogP contribution is -2.55. The monoisotopic (exact) mass is 468 g/mol. The van der Waals surface area contributed by atoms with E-state index in [0.29, 0.717) is 23.1 Å². The van der Waals surface area contributed by atoms with Crippen LogP contribution in [0.2, 0.25) is 0 Å². The zero-order valence-corrected chi connectivity index (χ0v) is 20.2. The van der Waals surface area contributed by atoms with Crippen LogP contribution in [0, 0.1) is 0 Å². The number of benzene rings is 3. The third-order valence-corrected chi connectivity index (χ3v) is 7.07. The summed E-state index contributed by atoms with van der Waals surface area (Å²) >= 11 is 0. The molecule has 1 heterocycles. The summed E-state index contributed by atoms with van der Waals surface area (Å²) in [5.41, 5.74) is -0.185. The summed E-state index contributed by atoms with van der Waals surface area (Å²) in [5, 5.41) is 25.3. The van der Waals surface area contributed by atoms with Gasteiger partial charge in [0.05, 0.1) is 0 Å². The molecule has 3 unspecified atom stereocenters. The van der Waals surface area contributed by atoms with Gasteiger partial charge in [-0.15, -0.1) is 0 Å². The molecule has 35 heavy (non-hydrogen) atoms. The normalized spacial score (nSPS) is 23.5. The van der Waals surface area contributed by atoms with Crippen molar-refractivity contribution >= 4 is 0 Å². The molecule has 2 N–H and O–H groups in total. The second-order valence-corrected chi connectivity index (χ2v) is 9.77. The van der Waals surface area contributed by atoms with Crippen LogP contribution in [0.4, 0.5) is 0 Å². The van der Waals surface area contributed by atoms with Gasteiger partial charge >= 0.3 is 0 Å². The highest BCUT2D eigenvalue weighted by Gasteiger charge is 2.61. The van der Waals surface area contributed by atoms with Crippen molar-refractivity contribution in [1.29, 1.82) is 0 Å². The Morgan fingerprint density at radius 1 is 0.686 bits per heavy atom. The smallest absolute Gasteiger partial charge is 0.164 e. The van der Waals surface area contributed by atoms with Crippen molar-refractivity contribution in [3.8, 4) is 0 Å². The van der Waals surface area contributed by atoms with Gasteiger partial charge in [0.15, 0.2) is 5.79 Å². The fraction of sp³-hybridized carbons (Fsp3) is 0.290.